The van der Waals surface area contributed by atoms with Gasteiger partial charge in [0.1, 0.15) is 0 Å². The minimum Gasteiger partial charge on any atom is -0.465 e. The minimum atomic E-state index is -1.01. The number of amides is 1. The van der Waals surface area contributed by atoms with Crippen molar-refractivity contribution >= 4 is 6.09 Å². The van der Waals surface area contributed by atoms with Crippen molar-refractivity contribution in [2.24, 2.45) is 0 Å². The molecule has 2 aliphatic rings. The number of carbonyl (C=O) groups is 1. The summed E-state index contributed by atoms with van der Waals surface area (Å²) in [5, 5.41) is 15.6. The number of nitrogens with one attached hydrogen (secondary N) is 1. The molecule has 4 rings (SSSR count). The average molecular weight is 297 g/mol. The zero-order valence-electron chi connectivity index (χ0n) is 12.4. The van der Waals surface area contributed by atoms with E-state index in [2.05, 4.69) is 16.5 Å². The molecule has 114 valence electrons. The lowest BCUT2D eigenvalue weighted by Crippen LogP contribution is -2.19. The third-order valence-corrected chi connectivity index (χ3v) is 4.75. The van der Waals surface area contributed by atoms with Crippen LogP contribution < -0.4 is 5.32 Å². The average Bonchev–Trinajstić information content (AvgIpc) is 3.22. The SMILES string of the molecule is O=C(O)NCc1cnn(-c2c3c(cc4c2CCC4)CCC3)c1. The molecule has 2 aliphatic carbocycles. The summed E-state index contributed by atoms with van der Waals surface area (Å²) in [4.78, 5) is 10.6. The van der Waals surface area contributed by atoms with E-state index in [-0.39, 0.29) is 0 Å². The van der Waals surface area contributed by atoms with Gasteiger partial charge in [-0.2, -0.15) is 5.10 Å². The van der Waals surface area contributed by atoms with Gasteiger partial charge >= 0.3 is 6.09 Å². The summed E-state index contributed by atoms with van der Waals surface area (Å²) in [6.45, 7) is 0.298. The zero-order valence-corrected chi connectivity index (χ0v) is 12.4. The van der Waals surface area contributed by atoms with E-state index in [1.807, 2.05) is 10.9 Å². The van der Waals surface area contributed by atoms with Crippen LogP contribution >= 0.6 is 0 Å². The van der Waals surface area contributed by atoms with Crippen LogP contribution in [0.1, 0.15) is 40.7 Å². The third kappa shape index (κ3) is 2.17. The number of carboxylic acid groups (broad SMARTS) is 1. The monoisotopic (exact) mass is 297 g/mol. The number of aromatic nitrogens is 2. The number of aryl methyl sites for hydroxylation is 2. The van der Waals surface area contributed by atoms with E-state index < -0.39 is 6.09 Å². The van der Waals surface area contributed by atoms with Gasteiger partial charge in [-0.25, -0.2) is 9.48 Å². The smallest absolute Gasteiger partial charge is 0.404 e. The molecule has 5 heteroatoms. The molecule has 2 N–H and O–H groups in total. The van der Waals surface area contributed by atoms with E-state index in [4.69, 9.17) is 5.11 Å². The van der Waals surface area contributed by atoms with E-state index in [1.54, 1.807) is 6.20 Å². The van der Waals surface area contributed by atoms with Gasteiger partial charge in [-0.15, -0.1) is 0 Å². The summed E-state index contributed by atoms with van der Waals surface area (Å²) in [6.07, 6.45) is 9.75. The molecule has 0 saturated heterocycles. The summed E-state index contributed by atoms with van der Waals surface area (Å²) >= 11 is 0. The maximum Gasteiger partial charge on any atom is 0.404 e. The first kappa shape index (κ1) is 13.4. The van der Waals surface area contributed by atoms with Crippen LogP contribution in [0.15, 0.2) is 18.5 Å². The summed E-state index contributed by atoms with van der Waals surface area (Å²) in [6, 6.07) is 2.41. The van der Waals surface area contributed by atoms with E-state index >= 15 is 0 Å². The maximum absolute atomic E-state index is 10.6. The Bertz CT molecular complexity index is 716. The van der Waals surface area contributed by atoms with Crippen LogP contribution in [0.4, 0.5) is 4.79 Å². The van der Waals surface area contributed by atoms with Crippen molar-refractivity contribution < 1.29 is 9.90 Å². The quantitative estimate of drug-likeness (QED) is 0.915. The van der Waals surface area contributed by atoms with Crippen molar-refractivity contribution in [2.75, 3.05) is 0 Å². The number of hydrogen-bond acceptors (Lipinski definition) is 2. The Morgan fingerprint density at radius 3 is 2.50 bits per heavy atom. The van der Waals surface area contributed by atoms with Crippen LogP contribution in [-0.2, 0) is 32.2 Å². The summed E-state index contributed by atoms with van der Waals surface area (Å²) in [5.74, 6) is 0. The molecule has 0 fully saturated rings. The number of benzene rings is 1. The topological polar surface area (TPSA) is 67.2 Å². The van der Waals surface area contributed by atoms with Gasteiger partial charge in [0, 0.05) is 18.3 Å². The van der Waals surface area contributed by atoms with Crippen LogP contribution in [0.2, 0.25) is 0 Å². The molecule has 1 heterocycles. The molecule has 5 nitrogen and oxygen atoms in total. The van der Waals surface area contributed by atoms with Crippen LogP contribution in [0.3, 0.4) is 0 Å². The molecule has 0 atom stereocenters. The van der Waals surface area contributed by atoms with Gasteiger partial charge in [-0.1, -0.05) is 6.07 Å². The van der Waals surface area contributed by atoms with Crippen molar-refractivity contribution in [3.8, 4) is 5.69 Å². The Hall–Kier alpha value is -2.30. The molecule has 1 amide bonds. The molecular weight excluding hydrogens is 278 g/mol. The maximum atomic E-state index is 10.6. The first-order chi connectivity index (χ1) is 10.7. The van der Waals surface area contributed by atoms with Crippen LogP contribution in [0.5, 0.6) is 0 Å². The Balaban J connectivity index is 1.75. The summed E-state index contributed by atoms with van der Waals surface area (Å²) in [5.41, 5.74) is 8.02. The number of fused-ring (bicyclic) bond motifs is 2. The van der Waals surface area contributed by atoms with Crippen molar-refractivity contribution in [1.82, 2.24) is 15.1 Å². The van der Waals surface area contributed by atoms with Gasteiger partial charge in [-0.3, -0.25) is 0 Å². The van der Waals surface area contributed by atoms with E-state index in [0.717, 1.165) is 18.4 Å². The predicted molar refractivity (Wildman–Crippen MR) is 82.5 cm³/mol. The van der Waals surface area contributed by atoms with Gasteiger partial charge < -0.3 is 10.4 Å². The highest BCUT2D eigenvalue weighted by atomic mass is 16.4. The molecule has 0 saturated carbocycles. The summed E-state index contributed by atoms with van der Waals surface area (Å²) in [7, 11) is 0. The lowest BCUT2D eigenvalue weighted by atomic mass is 9.99. The molecular formula is C17H19N3O2. The fourth-order valence-electron chi connectivity index (χ4n) is 3.81. The molecule has 22 heavy (non-hydrogen) atoms. The molecule has 1 aromatic heterocycles. The third-order valence-electron chi connectivity index (χ3n) is 4.75. The predicted octanol–water partition coefficient (Wildman–Crippen LogP) is 2.62. The van der Waals surface area contributed by atoms with Gasteiger partial charge in [0.05, 0.1) is 11.9 Å². The first-order valence-electron chi connectivity index (χ1n) is 7.89. The highest BCUT2D eigenvalue weighted by Crippen LogP contribution is 2.37. The van der Waals surface area contributed by atoms with Crippen molar-refractivity contribution in [2.45, 2.75) is 45.1 Å². The normalized spacial score (nSPS) is 15.6. The van der Waals surface area contributed by atoms with E-state index in [1.165, 1.54) is 53.6 Å². The fourth-order valence-corrected chi connectivity index (χ4v) is 3.81. The van der Waals surface area contributed by atoms with Gasteiger partial charge in [0.15, 0.2) is 0 Å². The molecule has 2 aromatic rings. The van der Waals surface area contributed by atoms with Crippen LogP contribution in [-0.4, -0.2) is 21.0 Å². The van der Waals surface area contributed by atoms with Crippen molar-refractivity contribution in [1.29, 1.82) is 0 Å². The lowest BCUT2D eigenvalue weighted by Gasteiger charge is -2.15. The van der Waals surface area contributed by atoms with Crippen LogP contribution in [0, 0.1) is 0 Å². The van der Waals surface area contributed by atoms with Gasteiger partial charge in [-0.05, 0) is 60.8 Å². The second-order valence-corrected chi connectivity index (χ2v) is 6.16. The van der Waals surface area contributed by atoms with Crippen molar-refractivity contribution in [3.05, 3.63) is 46.3 Å². The largest absolute Gasteiger partial charge is 0.465 e. The van der Waals surface area contributed by atoms with Crippen LogP contribution in [0.25, 0.3) is 5.69 Å². The standard InChI is InChI=1S/C17H19N3O2/c21-17(22)18-8-11-9-19-20(10-11)16-14-5-1-3-12(14)7-13-4-2-6-15(13)16/h7,9-10,18H,1-6,8H2,(H,21,22). The number of nitrogens with zero attached hydrogens (tertiary/aromatic N) is 2. The Morgan fingerprint density at radius 1 is 1.18 bits per heavy atom. The molecule has 0 aliphatic heterocycles. The first-order valence-corrected chi connectivity index (χ1v) is 7.89. The lowest BCUT2D eigenvalue weighted by molar-refractivity contribution is 0.194. The molecule has 0 bridgehead atoms. The Kier molecular flexibility index (Phi) is 3.13. The summed E-state index contributed by atoms with van der Waals surface area (Å²) < 4.78 is 1.97. The molecule has 0 radical (unpaired) electrons. The number of rotatable bonds is 3. The molecule has 0 spiro atoms. The highest BCUT2D eigenvalue weighted by molar-refractivity contribution is 5.64. The second-order valence-electron chi connectivity index (χ2n) is 6.16. The fraction of sp³-hybridized carbons (Fsp3) is 0.412. The Labute approximate surface area is 129 Å². The zero-order chi connectivity index (χ0) is 15.1. The Morgan fingerprint density at radius 2 is 1.86 bits per heavy atom. The molecule has 0 unspecified atom stereocenters. The second kappa shape index (κ2) is 5.16. The van der Waals surface area contributed by atoms with Crippen molar-refractivity contribution in [3.63, 3.8) is 0 Å². The van der Waals surface area contributed by atoms with Gasteiger partial charge in [0.25, 0.3) is 0 Å². The van der Waals surface area contributed by atoms with E-state index in [0.29, 0.717) is 6.54 Å². The van der Waals surface area contributed by atoms with Gasteiger partial charge in [0.2, 0.25) is 0 Å². The van der Waals surface area contributed by atoms with E-state index in [9.17, 15) is 4.79 Å². The molecule has 1 aromatic carbocycles. The minimum absolute atomic E-state index is 0.298. The highest BCUT2D eigenvalue weighted by Gasteiger charge is 2.25. The number of hydrogen-bond donors (Lipinski definition) is 2.